The van der Waals surface area contributed by atoms with Gasteiger partial charge in [-0.1, -0.05) is 259 Å². The first-order valence-electron chi connectivity index (χ1n) is 26.4. The van der Waals surface area contributed by atoms with Gasteiger partial charge in [-0.05, 0) is 25.2 Å². The van der Waals surface area contributed by atoms with E-state index in [-0.39, 0.29) is 31.1 Å². The lowest BCUT2D eigenvalue weighted by molar-refractivity contribution is -0.167. The molecule has 0 heterocycles. The molecule has 59 heavy (non-hydrogen) atoms. The molecular weight excluding hydrogens is 733 g/mol. The number of rotatable bonds is 48. The van der Waals surface area contributed by atoms with Crippen LogP contribution in [0, 0.1) is 5.92 Å². The molecule has 0 fully saturated rings. The third kappa shape index (κ3) is 45.8. The molecule has 2 atom stereocenters. The van der Waals surface area contributed by atoms with Crippen LogP contribution in [0.1, 0.15) is 297 Å². The number of hydrogen-bond donors (Lipinski definition) is 0. The minimum Gasteiger partial charge on any atom is -0.462 e. The Morgan fingerprint density at radius 3 is 0.881 bits per heavy atom. The predicted octanol–water partition coefficient (Wildman–Crippen LogP) is 17.1. The van der Waals surface area contributed by atoms with E-state index in [2.05, 4.69) is 27.7 Å². The summed E-state index contributed by atoms with van der Waals surface area (Å²) in [4.78, 5) is 37.9. The average Bonchev–Trinajstić information content (AvgIpc) is 3.23. The Labute approximate surface area is 368 Å². The topological polar surface area (TPSA) is 78.9 Å². The summed E-state index contributed by atoms with van der Waals surface area (Å²) in [6.07, 6.45) is 49.4. The second-order valence-electron chi connectivity index (χ2n) is 18.4. The molecule has 0 aliphatic carbocycles. The third-order valence-corrected chi connectivity index (χ3v) is 12.4. The van der Waals surface area contributed by atoms with Gasteiger partial charge in [-0.2, -0.15) is 0 Å². The fourth-order valence-corrected chi connectivity index (χ4v) is 8.01. The first-order valence-corrected chi connectivity index (χ1v) is 26.4. The molecule has 0 aromatic rings. The minimum atomic E-state index is -0.760. The van der Waals surface area contributed by atoms with Gasteiger partial charge in [-0.25, -0.2) is 0 Å². The second kappa shape index (κ2) is 47.5. The standard InChI is InChI=1S/C53H102O6/c1-5-8-10-12-14-16-17-18-19-20-21-22-23-24-29-33-37-41-45-52(55)58-48-50(47-57-51(54)44-40-36-32-27-15-13-11-9-6-2)59-53(56)46-42-38-34-30-26-25-28-31-35-39-43-49(4)7-3/h49-50H,5-48H2,1-4H3/t49?,50-/m0/s1. The summed E-state index contributed by atoms with van der Waals surface area (Å²) in [5.74, 6) is 0.0207. The summed E-state index contributed by atoms with van der Waals surface area (Å²) >= 11 is 0. The van der Waals surface area contributed by atoms with E-state index in [1.54, 1.807) is 0 Å². The number of carbonyl (C=O) groups is 3. The molecule has 0 N–H and O–H groups in total. The Balaban J connectivity index is 4.24. The van der Waals surface area contributed by atoms with Crippen molar-refractivity contribution in [3.8, 4) is 0 Å². The summed E-state index contributed by atoms with van der Waals surface area (Å²) < 4.78 is 16.8. The third-order valence-electron chi connectivity index (χ3n) is 12.4. The largest absolute Gasteiger partial charge is 0.462 e. The van der Waals surface area contributed by atoms with Crippen molar-refractivity contribution >= 4 is 17.9 Å². The Kier molecular flexibility index (Phi) is 46.2. The lowest BCUT2D eigenvalue weighted by atomic mass is 9.99. The zero-order chi connectivity index (χ0) is 43.1. The Bertz CT molecular complexity index is 889. The predicted molar refractivity (Wildman–Crippen MR) is 252 cm³/mol. The van der Waals surface area contributed by atoms with Crippen molar-refractivity contribution < 1.29 is 28.6 Å². The zero-order valence-corrected chi connectivity index (χ0v) is 40.2. The molecule has 0 aromatic heterocycles. The molecule has 6 nitrogen and oxygen atoms in total. The number of esters is 3. The molecule has 1 unspecified atom stereocenters. The van der Waals surface area contributed by atoms with Crippen molar-refractivity contribution in [1.29, 1.82) is 0 Å². The van der Waals surface area contributed by atoms with Crippen molar-refractivity contribution in [2.24, 2.45) is 5.92 Å². The fraction of sp³-hybridized carbons (Fsp3) is 0.943. The van der Waals surface area contributed by atoms with Gasteiger partial charge in [0.2, 0.25) is 0 Å². The highest BCUT2D eigenvalue weighted by atomic mass is 16.6. The van der Waals surface area contributed by atoms with Gasteiger partial charge in [0.05, 0.1) is 0 Å². The molecule has 0 amide bonds. The van der Waals surface area contributed by atoms with Crippen LogP contribution < -0.4 is 0 Å². The zero-order valence-electron chi connectivity index (χ0n) is 40.2. The highest BCUT2D eigenvalue weighted by Gasteiger charge is 2.19. The van der Waals surface area contributed by atoms with Crippen molar-refractivity contribution in [3.63, 3.8) is 0 Å². The number of carbonyl (C=O) groups excluding carboxylic acids is 3. The van der Waals surface area contributed by atoms with Gasteiger partial charge < -0.3 is 14.2 Å². The van der Waals surface area contributed by atoms with Crippen LogP contribution in [0.25, 0.3) is 0 Å². The molecule has 350 valence electrons. The monoisotopic (exact) mass is 835 g/mol. The molecular formula is C53H102O6. The summed E-state index contributed by atoms with van der Waals surface area (Å²) in [7, 11) is 0. The maximum absolute atomic E-state index is 12.8. The molecule has 0 spiro atoms. The van der Waals surface area contributed by atoms with E-state index in [9.17, 15) is 14.4 Å². The SMILES string of the molecule is CCCCCCCCCCCCCCCCCCCCC(=O)OC[C@H](COC(=O)CCCCCCCCCCC)OC(=O)CCCCCCCCCCCCC(C)CC. The Hall–Kier alpha value is -1.59. The molecule has 0 rings (SSSR count). The summed E-state index contributed by atoms with van der Waals surface area (Å²) in [6.45, 7) is 9.04. The Morgan fingerprint density at radius 2 is 0.593 bits per heavy atom. The minimum absolute atomic E-state index is 0.0629. The molecule has 0 aliphatic rings. The molecule has 0 aliphatic heterocycles. The Morgan fingerprint density at radius 1 is 0.339 bits per heavy atom. The fourth-order valence-electron chi connectivity index (χ4n) is 8.01. The quantitative estimate of drug-likeness (QED) is 0.0345. The highest BCUT2D eigenvalue weighted by molar-refractivity contribution is 5.71. The number of hydrogen-bond acceptors (Lipinski definition) is 6. The highest BCUT2D eigenvalue weighted by Crippen LogP contribution is 2.18. The van der Waals surface area contributed by atoms with Gasteiger partial charge in [-0.3, -0.25) is 14.4 Å². The van der Waals surface area contributed by atoms with Gasteiger partial charge in [0.15, 0.2) is 6.10 Å². The smallest absolute Gasteiger partial charge is 0.306 e. The van der Waals surface area contributed by atoms with Crippen molar-refractivity contribution in [2.45, 2.75) is 303 Å². The van der Waals surface area contributed by atoms with Crippen molar-refractivity contribution in [2.75, 3.05) is 13.2 Å². The van der Waals surface area contributed by atoms with Crippen LogP contribution in [0.4, 0.5) is 0 Å². The number of unbranched alkanes of at least 4 members (excludes halogenated alkanes) is 34. The van der Waals surface area contributed by atoms with Gasteiger partial charge >= 0.3 is 17.9 Å². The summed E-state index contributed by atoms with van der Waals surface area (Å²) in [6, 6.07) is 0. The van der Waals surface area contributed by atoms with Gasteiger partial charge in [0.25, 0.3) is 0 Å². The lowest BCUT2D eigenvalue weighted by Gasteiger charge is -2.18. The summed E-state index contributed by atoms with van der Waals surface area (Å²) in [5, 5.41) is 0. The molecule has 0 saturated carbocycles. The number of ether oxygens (including phenoxy) is 3. The average molecular weight is 835 g/mol. The van der Waals surface area contributed by atoms with Gasteiger partial charge in [0, 0.05) is 19.3 Å². The van der Waals surface area contributed by atoms with E-state index in [1.165, 1.54) is 193 Å². The first kappa shape index (κ1) is 57.4. The summed E-state index contributed by atoms with van der Waals surface area (Å²) in [5.41, 5.74) is 0. The second-order valence-corrected chi connectivity index (χ2v) is 18.4. The van der Waals surface area contributed by atoms with E-state index in [1.807, 2.05) is 0 Å². The van der Waals surface area contributed by atoms with E-state index in [0.717, 1.165) is 63.7 Å². The van der Waals surface area contributed by atoms with Gasteiger partial charge in [0.1, 0.15) is 13.2 Å². The van der Waals surface area contributed by atoms with E-state index >= 15 is 0 Å². The van der Waals surface area contributed by atoms with Crippen LogP contribution in [0.15, 0.2) is 0 Å². The maximum Gasteiger partial charge on any atom is 0.306 e. The lowest BCUT2D eigenvalue weighted by Crippen LogP contribution is -2.30. The van der Waals surface area contributed by atoms with Crippen LogP contribution in [0.5, 0.6) is 0 Å². The molecule has 0 saturated heterocycles. The van der Waals surface area contributed by atoms with Crippen molar-refractivity contribution in [3.05, 3.63) is 0 Å². The van der Waals surface area contributed by atoms with E-state index < -0.39 is 6.10 Å². The first-order chi connectivity index (χ1) is 28.9. The van der Waals surface area contributed by atoms with Crippen LogP contribution in [0.2, 0.25) is 0 Å². The van der Waals surface area contributed by atoms with E-state index in [4.69, 9.17) is 14.2 Å². The van der Waals surface area contributed by atoms with Gasteiger partial charge in [-0.15, -0.1) is 0 Å². The maximum atomic E-state index is 12.8. The molecule has 0 bridgehead atoms. The molecule has 0 aromatic carbocycles. The van der Waals surface area contributed by atoms with Crippen LogP contribution in [0.3, 0.4) is 0 Å². The van der Waals surface area contributed by atoms with Crippen molar-refractivity contribution in [1.82, 2.24) is 0 Å². The molecule has 0 radical (unpaired) electrons. The van der Waals surface area contributed by atoms with Crippen LogP contribution >= 0.6 is 0 Å². The van der Waals surface area contributed by atoms with Crippen LogP contribution in [-0.2, 0) is 28.6 Å². The van der Waals surface area contributed by atoms with Crippen LogP contribution in [-0.4, -0.2) is 37.2 Å². The van der Waals surface area contributed by atoms with E-state index in [0.29, 0.717) is 19.3 Å². The normalized spacial score (nSPS) is 12.4. The molecule has 6 heteroatoms.